The van der Waals surface area contributed by atoms with E-state index in [1.165, 1.54) is 32.4 Å². The minimum absolute atomic E-state index is 0.130. The number of rotatable bonds is 3. The van der Waals surface area contributed by atoms with Gasteiger partial charge in [0.05, 0.1) is 12.6 Å². The molecular formula is C18H22F3N3O. The first-order valence-corrected chi connectivity index (χ1v) is 8.67. The van der Waals surface area contributed by atoms with Gasteiger partial charge >= 0.3 is 6.18 Å². The molecule has 0 saturated heterocycles. The molecule has 1 aromatic carbocycles. The standard InChI is InChI=1S/C18H22F3N3O/c1-25-13-9-10-15-14(11-13)16(24-17(23-15)18(19,20)21)22-12-7-5-3-2-4-6-8-12/h9-12H,2-8H2,1H3,(H,22,23,24). The van der Waals surface area contributed by atoms with Crippen molar-refractivity contribution in [3.05, 3.63) is 24.0 Å². The van der Waals surface area contributed by atoms with Gasteiger partial charge in [0.2, 0.25) is 5.82 Å². The van der Waals surface area contributed by atoms with Crippen molar-refractivity contribution in [2.75, 3.05) is 12.4 Å². The van der Waals surface area contributed by atoms with Crippen LogP contribution in [0.5, 0.6) is 5.75 Å². The number of aromatic nitrogens is 2. The molecule has 4 nitrogen and oxygen atoms in total. The molecule has 0 spiro atoms. The topological polar surface area (TPSA) is 47.0 Å². The van der Waals surface area contributed by atoms with E-state index >= 15 is 0 Å². The lowest BCUT2D eigenvalue weighted by molar-refractivity contribution is -0.144. The highest BCUT2D eigenvalue weighted by Crippen LogP contribution is 2.33. The molecule has 3 rings (SSSR count). The zero-order chi connectivity index (χ0) is 17.9. The van der Waals surface area contributed by atoms with E-state index < -0.39 is 12.0 Å². The van der Waals surface area contributed by atoms with Crippen LogP contribution in [0.4, 0.5) is 19.0 Å². The number of fused-ring (bicyclic) bond motifs is 1. The molecule has 1 fully saturated rings. The van der Waals surface area contributed by atoms with Crippen molar-refractivity contribution in [1.29, 1.82) is 0 Å². The van der Waals surface area contributed by atoms with Gasteiger partial charge in [0, 0.05) is 11.4 Å². The van der Waals surface area contributed by atoms with Gasteiger partial charge in [-0.05, 0) is 31.0 Å². The number of hydrogen-bond donors (Lipinski definition) is 1. The number of nitrogens with one attached hydrogen (secondary N) is 1. The van der Waals surface area contributed by atoms with E-state index in [9.17, 15) is 13.2 Å². The van der Waals surface area contributed by atoms with Gasteiger partial charge in [-0.25, -0.2) is 9.97 Å². The third kappa shape index (κ3) is 4.32. The van der Waals surface area contributed by atoms with Gasteiger partial charge in [0.1, 0.15) is 11.6 Å². The van der Waals surface area contributed by atoms with E-state index in [0.29, 0.717) is 11.1 Å². The molecule has 0 atom stereocenters. The van der Waals surface area contributed by atoms with E-state index in [4.69, 9.17) is 4.74 Å². The Morgan fingerprint density at radius 2 is 1.72 bits per heavy atom. The van der Waals surface area contributed by atoms with Crippen LogP contribution >= 0.6 is 0 Å². The van der Waals surface area contributed by atoms with Crippen LogP contribution in [-0.4, -0.2) is 23.1 Å². The van der Waals surface area contributed by atoms with E-state index in [1.807, 2.05) is 0 Å². The molecular weight excluding hydrogens is 331 g/mol. The van der Waals surface area contributed by atoms with Crippen molar-refractivity contribution in [3.63, 3.8) is 0 Å². The quantitative estimate of drug-likeness (QED) is 0.826. The number of anilines is 1. The maximum absolute atomic E-state index is 13.2. The summed E-state index contributed by atoms with van der Waals surface area (Å²) in [5.41, 5.74) is 0.261. The molecule has 0 bridgehead atoms. The highest BCUT2D eigenvalue weighted by molar-refractivity contribution is 5.90. The molecule has 1 aliphatic carbocycles. The fourth-order valence-electron chi connectivity index (χ4n) is 3.27. The first-order chi connectivity index (χ1) is 12.0. The number of halogens is 3. The summed E-state index contributed by atoms with van der Waals surface area (Å²) in [6.45, 7) is 0. The van der Waals surface area contributed by atoms with Crippen molar-refractivity contribution in [2.24, 2.45) is 0 Å². The summed E-state index contributed by atoms with van der Waals surface area (Å²) in [6.07, 6.45) is 3.04. The molecule has 1 aliphatic rings. The van der Waals surface area contributed by atoms with Crippen molar-refractivity contribution >= 4 is 16.7 Å². The molecule has 0 amide bonds. The molecule has 1 saturated carbocycles. The monoisotopic (exact) mass is 353 g/mol. The van der Waals surface area contributed by atoms with E-state index in [1.54, 1.807) is 12.1 Å². The Balaban J connectivity index is 2.00. The second kappa shape index (κ2) is 7.45. The van der Waals surface area contributed by atoms with Gasteiger partial charge in [0.25, 0.3) is 0 Å². The second-order valence-electron chi connectivity index (χ2n) is 6.46. The minimum atomic E-state index is -4.58. The van der Waals surface area contributed by atoms with E-state index in [-0.39, 0.29) is 17.4 Å². The molecule has 0 aliphatic heterocycles. The lowest BCUT2D eigenvalue weighted by Gasteiger charge is -2.23. The molecule has 1 N–H and O–H groups in total. The molecule has 0 unspecified atom stereocenters. The van der Waals surface area contributed by atoms with Gasteiger partial charge in [-0.3, -0.25) is 0 Å². The van der Waals surface area contributed by atoms with Crippen LogP contribution < -0.4 is 10.1 Å². The fraction of sp³-hybridized carbons (Fsp3) is 0.556. The lowest BCUT2D eigenvalue weighted by Crippen LogP contribution is -2.23. The maximum atomic E-state index is 13.2. The van der Waals surface area contributed by atoms with E-state index in [0.717, 1.165) is 25.7 Å². The average molecular weight is 353 g/mol. The van der Waals surface area contributed by atoms with Crippen LogP contribution in [-0.2, 0) is 6.18 Å². The SMILES string of the molecule is COc1ccc2nc(C(F)(F)F)nc(NC3CCCCCCC3)c2c1. The molecule has 1 aromatic heterocycles. The third-order valence-corrected chi connectivity index (χ3v) is 4.60. The molecule has 2 aromatic rings. The summed E-state index contributed by atoms with van der Waals surface area (Å²) < 4.78 is 44.7. The van der Waals surface area contributed by atoms with Crippen molar-refractivity contribution < 1.29 is 17.9 Å². The Morgan fingerprint density at radius 1 is 1.04 bits per heavy atom. The number of nitrogens with zero attached hydrogens (tertiary/aromatic N) is 2. The average Bonchev–Trinajstić information content (AvgIpc) is 2.55. The van der Waals surface area contributed by atoms with Crippen LogP contribution in [0.15, 0.2) is 18.2 Å². The van der Waals surface area contributed by atoms with Crippen LogP contribution in [0.1, 0.15) is 50.8 Å². The van der Waals surface area contributed by atoms with Gasteiger partial charge in [-0.15, -0.1) is 0 Å². The summed E-state index contributed by atoms with van der Waals surface area (Å²) in [5, 5.41) is 3.80. The van der Waals surface area contributed by atoms with Crippen LogP contribution in [0.2, 0.25) is 0 Å². The van der Waals surface area contributed by atoms with Crippen LogP contribution in [0.3, 0.4) is 0 Å². The smallest absolute Gasteiger partial charge is 0.451 e. The summed E-state index contributed by atoms with van der Waals surface area (Å²) in [5.74, 6) is -0.308. The van der Waals surface area contributed by atoms with Gasteiger partial charge < -0.3 is 10.1 Å². The molecule has 1 heterocycles. The molecule has 136 valence electrons. The van der Waals surface area contributed by atoms with Crippen molar-refractivity contribution in [3.8, 4) is 5.75 Å². The van der Waals surface area contributed by atoms with Gasteiger partial charge in [-0.2, -0.15) is 13.2 Å². The molecule has 7 heteroatoms. The number of hydrogen-bond acceptors (Lipinski definition) is 4. The van der Waals surface area contributed by atoms with Crippen molar-refractivity contribution in [2.45, 2.75) is 57.2 Å². The van der Waals surface area contributed by atoms with Gasteiger partial charge in [0.15, 0.2) is 0 Å². The summed E-state index contributed by atoms with van der Waals surface area (Å²) >= 11 is 0. The Morgan fingerprint density at radius 3 is 2.36 bits per heavy atom. The largest absolute Gasteiger partial charge is 0.497 e. The highest BCUT2D eigenvalue weighted by atomic mass is 19.4. The fourth-order valence-corrected chi connectivity index (χ4v) is 3.27. The summed E-state index contributed by atoms with van der Waals surface area (Å²) in [6, 6.07) is 4.95. The Hall–Kier alpha value is -2.05. The lowest BCUT2D eigenvalue weighted by atomic mass is 9.96. The Bertz CT molecular complexity index is 725. The zero-order valence-corrected chi connectivity index (χ0v) is 14.2. The summed E-state index contributed by atoms with van der Waals surface area (Å²) in [4.78, 5) is 7.47. The molecule has 0 radical (unpaired) electrons. The first-order valence-electron chi connectivity index (χ1n) is 8.67. The van der Waals surface area contributed by atoms with Crippen LogP contribution in [0, 0.1) is 0 Å². The third-order valence-electron chi connectivity index (χ3n) is 4.60. The Kier molecular flexibility index (Phi) is 5.30. The molecule has 25 heavy (non-hydrogen) atoms. The second-order valence-corrected chi connectivity index (χ2v) is 6.46. The predicted molar refractivity (Wildman–Crippen MR) is 90.8 cm³/mol. The summed E-state index contributed by atoms with van der Waals surface area (Å²) in [7, 11) is 1.52. The number of alkyl halides is 3. The number of methoxy groups -OCH3 is 1. The number of ether oxygens (including phenoxy) is 1. The maximum Gasteiger partial charge on any atom is 0.451 e. The van der Waals surface area contributed by atoms with Gasteiger partial charge in [-0.1, -0.05) is 32.1 Å². The minimum Gasteiger partial charge on any atom is -0.497 e. The highest BCUT2D eigenvalue weighted by Gasteiger charge is 2.35. The zero-order valence-electron chi connectivity index (χ0n) is 14.2. The van der Waals surface area contributed by atoms with Crippen LogP contribution in [0.25, 0.3) is 10.9 Å². The predicted octanol–water partition coefficient (Wildman–Crippen LogP) is 5.18. The number of benzene rings is 1. The normalized spacial score (nSPS) is 17.1. The van der Waals surface area contributed by atoms with E-state index in [2.05, 4.69) is 15.3 Å². The van der Waals surface area contributed by atoms with Crippen molar-refractivity contribution in [1.82, 2.24) is 9.97 Å². The Labute approximate surface area is 144 Å². The first kappa shape index (κ1) is 17.8.